The van der Waals surface area contributed by atoms with Crippen LogP contribution in [0.25, 0.3) is 11.4 Å². The maximum Gasteiger partial charge on any atom is 0.282 e. The fourth-order valence-corrected chi connectivity index (χ4v) is 3.74. The number of carbonyl (C=O) groups is 2. The number of carbonyl (C=O) groups excluding carboxylic acids is 2. The molecule has 0 aromatic carbocycles. The predicted molar refractivity (Wildman–Crippen MR) is 121 cm³/mol. The van der Waals surface area contributed by atoms with Gasteiger partial charge in [-0.15, -0.1) is 0 Å². The molecule has 2 amide bonds. The number of nitrogens with one attached hydrogen (secondary N) is 1. The summed E-state index contributed by atoms with van der Waals surface area (Å²) in [5, 5.41) is 2.67. The third kappa shape index (κ3) is 4.02. The van der Waals surface area contributed by atoms with E-state index in [1.165, 1.54) is 45.4 Å². The van der Waals surface area contributed by atoms with Crippen molar-refractivity contribution in [2.45, 2.75) is 12.5 Å². The lowest BCUT2D eigenvalue weighted by molar-refractivity contribution is -0.116. The van der Waals surface area contributed by atoms with Gasteiger partial charge < -0.3 is 19.7 Å². The molecule has 3 aromatic rings. The summed E-state index contributed by atoms with van der Waals surface area (Å²) in [6.45, 7) is 2.85. The number of hydrogen-bond donors (Lipinski definition) is 1. The molecule has 0 atom stereocenters. The highest BCUT2D eigenvalue weighted by Crippen LogP contribution is 2.30. The lowest BCUT2D eigenvalue weighted by atomic mass is 10.2. The van der Waals surface area contributed by atoms with Gasteiger partial charge in [-0.1, -0.05) is 6.58 Å². The largest absolute Gasteiger partial charge is 0.329 e. The van der Waals surface area contributed by atoms with Gasteiger partial charge in [0.15, 0.2) is 17.3 Å². The van der Waals surface area contributed by atoms with Crippen LogP contribution in [0.2, 0.25) is 0 Å². The lowest BCUT2D eigenvalue weighted by Crippen LogP contribution is -2.57. The van der Waals surface area contributed by atoms with Crippen LogP contribution in [0.15, 0.2) is 43.4 Å². The molecule has 1 N–H and O–H groups in total. The number of halogens is 2. The summed E-state index contributed by atoms with van der Waals surface area (Å²) < 4.78 is 27.6. The van der Waals surface area contributed by atoms with E-state index in [2.05, 4.69) is 36.8 Å². The second kappa shape index (κ2) is 8.07. The molecule has 0 spiro atoms. The number of imidazole rings is 1. The van der Waals surface area contributed by atoms with Gasteiger partial charge in [-0.05, 0) is 6.07 Å². The first-order valence-electron chi connectivity index (χ1n) is 10.5. The fraction of sp³-hybridized carbons (Fsp3) is 0.286. The van der Waals surface area contributed by atoms with Crippen molar-refractivity contribution in [1.29, 1.82) is 0 Å². The summed E-state index contributed by atoms with van der Waals surface area (Å²) >= 11 is 0. The van der Waals surface area contributed by atoms with Gasteiger partial charge in [0.25, 0.3) is 11.8 Å². The van der Waals surface area contributed by atoms with E-state index in [9.17, 15) is 18.4 Å². The van der Waals surface area contributed by atoms with Gasteiger partial charge in [-0.3, -0.25) is 14.5 Å². The van der Waals surface area contributed by atoms with Gasteiger partial charge in [0.05, 0.1) is 25.0 Å². The maximum atomic E-state index is 13.1. The average molecular weight is 482 g/mol. The van der Waals surface area contributed by atoms with E-state index in [4.69, 9.17) is 0 Å². The summed E-state index contributed by atoms with van der Waals surface area (Å²) in [6.07, 6.45) is 5.75. The second-order valence-corrected chi connectivity index (χ2v) is 8.18. The molecule has 1 fully saturated rings. The molecule has 5 heterocycles. The van der Waals surface area contributed by atoms with Crippen LogP contribution in [0.1, 0.15) is 10.5 Å². The van der Waals surface area contributed by atoms with Crippen LogP contribution in [0.3, 0.4) is 0 Å². The van der Waals surface area contributed by atoms with Crippen molar-refractivity contribution in [2.75, 3.05) is 42.3 Å². The SMILES string of the molecule is C=C1N(C)C(=O)c2c(ncn2CC(=O)Nc2ccnc(-c3cnc(N4CC(F)(F)C4)nc3)n2)N1C. The van der Waals surface area contributed by atoms with E-state index in [1.54, 1.807) is 19.0 Å². The van der Waals surface area contributed by atoms with Gasteiger partial charge in [0.1, 0.15) is 18.2 Å². The third-order valence-corrected chi connectivity index (χ3v) is 5.68. The fourth-order valence-electron chi connectivity index (χ4n) is 3.74. The van der Waals surface area contributed by atoms with E-state index in [0.29, 0.717) is 17.2 Å². The Balaban J connectivity index is 1.28. The summed E-state index contributed by atoms with van der Waals surface area (Å²) in [4.78, 5) is 50.7. The Bertz CT molecular complexity index is 1330. The molecule has 180 valence electrons. The number of nitrogens with zero attached hydrogens (tertiary/aromatic N) is 9. The van der Waals surface area contributed by atoms with Gasteiger partial charge in [0.2, 0.25) is 11.9 Å². The molecule has 2 aliphatic rings. The van der Waals surface area contributed by atoms with Crippen LogP contribution in [0, 0.1) is 0 Å². The van der Waals surface area contributed by atoms with Crippen LogP contribution in [-0.2, 0) is 11.3 Å². The molecule has 2 aliphatic heterocycles. The summed E-state index contributed by atoms with van der Waals surface area (Å²) in [6, 6.07) is 1.51. The first-order chi connectivity index (χ1) is 16.6. The van der Waals surface area contributed by atoms with Crippen LogP contribution in [0.5, 0.6) is 0 Å². The van der Waals surface area contributed by atoms with Crippen molar-refractivity contribution in [2.24, 2.45) is 0 Å². The molecule has 0 aliphatic carbocycles. The Hall–Kier alpha value is -4.49. The Morgan fingerprint density at radius 3 is 2.54 bits per heavy atom. The second-order valence-electron chi connectivity index (χ2n) is 8.18. The van der Waals surface area contributed by atoms with E-state index in [0.717, 1.165) is 0 Å². The minimum atomic E-state index is -2.72. The number of rotatable bonds is 5. The monoisotopic (exact) mass is 482 g/mol. The standard InChI is InChI=1S/C21H20F2N10O2/c1-12-30(2)18-16(19(35)31(12)3)32(11-27-18)8-15(34)28-14-4-5-24-17(29-14)13-6-25-20(26-7-13)33-9-21(22,23)10-33/h4-7,11H,1,8-10H2,2-3H3,(H,24,28,29,34). The highest BCUT2D eigenvalue weighted by Gasteiger charge is 2.45. The van der Waals surface area contributed by atoms with Crippen molar-refractivity contribution in [3.05, 3.63) is 49.1 Å². The van der Waals surface area contributed by atoms with Crippen molar-refractivity contribution in [1.82, 2.24) is 34.4 Å². The van der Waals surface area contributed by atoms with E-state index < -0.39 is 24.9 Å². The quantitative estimate of drug-likeness (QED) is 0.571. The normalized spacial score (nSPS) is 16.7. The smallest absolute Gasteiger partial charge is 0.282 e. The average Bonchev–Trinajstić information content (AvgIpc) is 3.23. The minimum absolute atomic E-state index is 0.167. The van der Waals surface area contributed by atoms with Crippen molar-refractivity contribution < 1.29 is 18.4 Å². The van der Waals surface area contributed by atoms with Gasteiger partial charge in [0, 0.05) is 32.7 Å². The molecule has 5 rings (SSSR count). The predicted octanol–water partition coefficient (Wildman–Crippen LogP) is 1.22. The van der Waals surface area contributed by atoms with Crippen molar-refractivity contribution >= 4 is 29.4 Å². The molecule has 12 nitrogen and oxygen atoms in total. The zero-order valence-corrected chi connectivity index (χ0v) is 18.8. The first-order valence-corrected chi connectivity index (χ1v) is 10.5. The lowest BCUT2D eigenvalue weighted by Gasteiger charge is -2.38. The zero-order valence-electron chi connectivity index (χ0n) is 18.8. The molecular formula is C21H20F2N10O2. The van der Waals surface area contributed by atoms with Crippen molar-refractivity contribution in [3.8, 4) is 11.4 Å². The highest BCUT2D eigenvalue weighted by atomic mass is 19.3. The molecule has 1 saturated heterocycles. The van der Waals surface area contributed by atoms with Gasteiger partial charge in [-0.2, -0.15) is 0 Å². The van der Waals surface area contributed by atoms with Crippen LogP contribution >= 0.6 is 0 Å². The number of amides is 2. The van der Waals surface area contributed by atoms with Gasteiger partial charge in [-0.25, -0.2) is 33.7 Å². The molecule has 3 aromatic heterocycles. The highest BCUT2D eigenvalue weighted by molar-refractivity contribution is 6.01. The molecule has 0 radical (unpaired) electrons. The number of fused-ring (bicyclic) bond motifs is 1. The topological polar surface area (TPSA) is 125 Å². The zero-order chi connectivity index (χ0) is 24.9. The van der Waals surface area contributed by atoms with Crippen LogP contribution in [-0.4, -0.2) is 79.3 Å². The molecule has 0 bridgehead atoms. The molecule has 14 heteroatoms. The molecule has 0 unspecified atom stereocenters. The summed E-state index contributed by atoms with van der Waals surface area (Å²) in [5.74, 6) is -1.89. The first kappa shape index (κ1) is 22.3. The van der Waals surface area contributed by atoms with E-state index in [1.807, 2.05) is 0 Å². The minimum Gasteiger partial charge on any atom is -0.329 e. The van der Waals surface area contributed by atoms with Gasteiger partial charge >= 0.3 is 0 Å². The molecule has 35 heavy (non-hydrogen) atoms. The molecular weight excluding hydrogens is 462 g/mol. The van der Waals surface area contributed by atoms with Crippen molar-refractivity contribution in [3.63, 3.8) is 0 Å². The maximum absolute atomic E-state index is 13.1. The van der Waals surface area contributed by atoms with E-state index in [-0.39, 0.29) is 35.7 Å². The number of alkyl halides is 2. The van der Waals surface area contributed by atoms with Crippen LogP contribution < -0.4 is 15.1 Å². The number of hydrogen-bond acceptors (Lipinski definition) is 9. The number of anilines is 3. The Kier molecular flexibility index (Phi) is 5.15. The summed E-state index contributed by atoms with van der Waals surface area (Å²) in [7, 11) is 3.33. The number of aromatic nitrogens is 6. The van der Waals surface area contributed by atoms with E-state index >= 15 is 0 Å². The Morgan fingerprint density at radius 2 is 1.86 bits per heavy atom. The Morgan fingerprint density at radius 1 is 1.14 bits per heavy atom. The van der Waals surface area contributed by atoms with Crippen LogP contribution in [0.4, 0.5) is 26.4 Å². The molecule has 0 saturated carbocycles. The summed E-state index contributed by atoms with van der Waals surface area (Å²) in [5.41, 5.74) is 0.732. The third-order valence-electron chi connectivity index (χ3n) is 5.68. The Labute approximate surface area is 197 Å².